The molecule has 1 aliphatic rings. The predicted octanol–water partition coefficient (Wildman–Crippen LogP) is 2.97. The van der Waals surface area contributed by atoms with E-state index < -0.39 is 6.10 Å². The van der Waals surface area contributed by atoms with Gasteiger partial charge in [0.2, 0.25) is 0 Å². The lowest BCUT2D eigenvalue weighted by atomic mass is 10.1. The number of benzene rings is 1. The Morgan fingerprint density at radius 3 is 2.81 bits per heavy atom. The van der Waals surface area contributed by atoms with E-state index in [2.05, 4.69) is 14.8 Å². The number of hydrogen-bond acceptors (Lipinski definition) is 4. The molecule has 0 aliphatic carbocycles. The van der Waals surface area contributed by atoms with Gasteiger partial charge in [-0.3, -0.25) is 0 Å². The van der Waals surface area contributed by atoms with Crippen LogP contribution in [0.2, 0.25) is 0 Å². The Bertz CT molecular complexity index is 599. The molecule has 1 N–H and O–H groups in total. The number of hydrogen-bond donors (Lipinski definition) is 1. The van der Waals surface area contributed by atoms with Crippen LogP contribution in [-0.2, 0) is 13.0 Å². The van der Waals surface area contributed by atoms with Crippen molar-refractivity contribution in [1.82, 2.24) is 14.8 Å². The van der Waals surface area contributed by atoms with Crippen LogP contribution < -0.4 is 0 Å². The highest BCUT2D eigenvalue weighted by molar-refractivity contribution is 7.99. The summed E-state index contributed by atoms with van der Waals surface area (Å²) in [5.74, 6) is 1.25. The van der Waals surface area contributed by atoms with Crippen LogP contribution in [-0.4, -0.2) is 25.6 Å². The van der Waals surface area contributed by atoms with E-state index in [1.165, 1.54) is 36.7 Å². The van der Waals surface area contributed by atoms with Crippen molar-refractivity contribution in [1.29, 1.82) is 0 Å². The van der Waals surface area contributed by atoms with Crippen molar-refractivity contribution in [2.24, 2.45) is 0 Å². The second-order valence-electron chi connectivity index (χ2n) is 5.24. The molecule has 0 fully saturated rings. The number of thioether (sulfide) groups is 1. The third kappa shape index (κ3) is 3.44. The number of halogens is 1. The number of aliphatic hydroxyl groups is 1. The molecule has 1 aromatic carbocycles. The quantitative estimate of drug-likeness (QED) is 0.882. The first-order valence-electron chi connectivity index (χ1n) is 7.22. The lowest BCUT2D eigenvalue weighted by Gasteiger charge is -2.11. The lowest BCUT2D eigenvalue weighted by molar-refractivity contribution is 0.204. The van der Waals surface area contributed by atoms with Gasteiger partial charge in [0.05, 0.1) is 6.10 Å². The van der Waals surface area contributed by atoms with Gasteiger partial charge in [-0.25, -0.2) is 4.39 Å². The van der Waals surface area contributed by atoms with E-state index in [0.717, 1.165) is 35.9 Å². The molecule has 0 amide bonds. The van der Waals surface area contributed by atoms with Crippen molar-refractivity contribution in [2.45, 2.75) is 43.5 Å². The Morgan fingerprint density at radius 2 is 2.00 bits per heavy atom. The zero-order valence-corrected chi connectivity index (χ0v) is 12.5. The number of aromatic nitrogens is 3. The molecule has 3 rings (SSSR count). The lowest BCUT2D eigenvalue weighted by Crippen LogP contribution is -2.05. The predicted molar refractivity (Wildman–Crippen MR) is 79.7 cm³/mol. The van der Waals surface area contributed by atoms with E-state index in [-0.39, 0.29) is 5.82 Å². The van der Waals surface area contributed by atoms with Crippen molar-refractivity contribution in [3.63, 3.8) is 0 Å². The summed E-state index contributed by atoms with van der Waals surface area (Å²) in [5, 5.41) is 19.5. The average Bonchev–Trinajstić information content (AvgIpc) is 2.72. The molecule has 21 heavy (non-hydrogen) atoms. The molecule has 0 saturated carbocycles. The minimum atomic E-state index is -0.630. The zero-order valence-electron chi connectivity index (χ0n) is 11.7. The van der Waals surface area contributed by atoms with E-state index in [1.54, 1.807) is 12.1 Å². The molecule has 4 nitrogen and oxygen atoms in total. The molecule has 1 unspecified atom stereocenters. The smallest absolute Gasteiger partial charge is 0.191 e. The van der Waals surface area contributed by atoms with Crippen molar-refractivity contribution >= 4 is 11.8 Å². The van der Waals surface area contributed by atoms with Gasteiger partial charge in [-0.2, -0.15) is 0 Å². The minimum absolute atomic E-state index is 0.290. The second kappa shape index (κ2) is 6.58. The largest absolute Gasteiger partial charge is 0.388 e. The summed E-state index contributed by atoms with van der Waals surface area (Å²) in [5.41, 5.74) is 0.722. The van der Waals surface area contributed by atoms with Crippen LogP contribution in [0.4, 0.5) is 4.39 Å². The highest BCUT2D eigenvalue weighted by atomic mass is 32.2. The van der Waals surface area contributed by atoms with Gasteiger partial charge >= 0.3 is 0 Å². The molecular formula is C15H18FN3OS. The molecule has 2 heterocycles. The molecule has 0 spiro atoms. The van der Waals surface area contributed by atoms with Gasteiger partial charge in [0, 0.05) is 18.7 Å². The SMILES string of the molecule is OC(CSc1nnc2n1CCCCC2)c1ccc(F)cc1. The van der Waals surface area contributed by atoms with Gasteiger partial charge in [-0.05, 0) is 30.5 Å². The van der Waals surface area contributed by atoms with E-state index >= 15 is 0 Å². The van der Waals surface area contributed by atoms with Crippen molar-refractivity contribution in [3.8, 4) is 0 Å². The topological polar surface area (TPSA) is 50.9 Å². The van der Waals surface area contributed by atoms with Crippen LogP contribution >= 0.6 is 11.8 Å². The Kier molecular flexibility index (Phi) is 4.55. The van der Waals surface area contributed by atoms with Crippen LogP contribution in [0.5, 0.6) is 0 Å². The summed E-state index contributed by atoms with van der Waals surface area (Å²) in [6, 6.07) is 5.97. The fraction of sp³-hybridized carbons (Fsp3) is 0.467. The summed E-state index contributed by atoms with van der Waals surface area (Å²) in [4.78, 5) is 0. The van der Waals surface area contributed by atoms with E-state index in [0.29, 0.717) is 5.75 Å². The maximum atomic E-state index is 12.9. The second-order valence-corrected chi connectivity index (χ2v) is 6.23. The van der Waals surface area contributed by atoms with Crippen LogP contribution in [0.1, 0.15) is 36.8 Å². The number of aliphatic hydroxyl groups excluding tert-OH is 1. The first-order chi connectivity index (χ1) is 10.2. The Labute approximate surface area is 127 Å². The third-order valence-electron chi connectivity index (χ3n) is 3.70. The number of nitrogens with zero attached hydrogens (tertiary/aromatic N) is 3. The zero-order chi connectivity index (χ0) is 14.7. The Balaban J connectivity index is 1.65. The van der Waals surface area contributed by atoms with E-state index in [4.69, 9.17) is 0 Å². The number of fused-ring (bicyclic) bond motifs is 1. The number of aryl methyl sites for hydroxylation is 1. The summed E-state index contributed by atoms with van der Waals surface area (Å²) >= 11 is 1.50. The van der Waals surface area contributed by atoms with E-state index in [1.807, 2.05) is 0 Å². The van der Waals surface area contributed by atoms with Gasteiger partial charge in [-0.15, -0.1) is 10.2 Å². The monoisotopic (exact) mass is 307 g/mol. The Morgan fingerprint density at radius 1 is 1.19 bits per heavy atom. The summed E-state index contributed by atoms with van der Waals surface area (Å²) < 4.78 is 15.0. The first-order valence-corrected chi connectivity index (χ1v) is 8.21. The highest BCUT2D eigenvalue weighted by Crippen LogP contribution is 2.26. The minimum Gasteiger partial charge on any atom is -0.388 e. The molecule has 112 valence electrons. The first kappa shape index (κ1) is 14.5. The van der Waals surface area contributed by atoms with Gasteiger partial charge < -0.3 is 9.67 Å². The van der Waals surface area contributed by atoms with Gasteiger partial charge in [0.15, 0.2) is 5.16 Å². The van der Waals surface area contributed by atoms with Gasteiger partial charge in [-0.1, -0.05) is 30.3 Å². The van der Waals surface area contributed by atoms with Crippen LogP contribution in [0.15, 0.2) is 29.4 Å². The Hall–Kier alpha value is -1.40. The van der Waals surface area contributed by atoms with Crippen LogP contribution in [0, 0.1) is 5.82 Å². The summed E-state index contributed by atoms with van der Waals surface area (Å²) in [6.07, 6.45) is 3.90. The molecule has 2 aromatic rings. The average molecular weight is 307 g/mol. The molecule has 6 heteroatoms. The van der Waals surface area contributed by atoms with Crippen molar-refractivity contribution in [2.75, 3.05) is 5.75 Å². The highest BCUT2D eigenvalue weighted by Gasteiger charge is 2.16. The van der Waals surface area contributed by atoms with Crippen molar-refractivity contribution < 1.29 is 9.50 Å². The third-order valence-corrected chi connectivity index (χ3v) is 4.74. The molecular weight excluding hydrogens is 289 g/mol. The van der Waals surface area contributed by atoms with Crippen LogP contribution in [0.25, 0.3) is 0 Å². The van der Waals surface area contributed by atoms with Gasteiger partial charge in [0.1, 0.15) is 11.6 Å². The standard InChI is InChI=1S/C15H18FN3OS/c16-12-7-5-11(6-8-12)13(20)10-21-15-18-17-14-4-2-1-3-9-19(14)15/h5-8,13,20H,1-4,9-10H2. The molecule has 1 aromatic heterocycles. The molecule has 1 aliphatic heterocycles. The normalized spacial score (nSPS) is 16.3. The summed E-state index contributed by atoms with van der Waals surface area (Å²) in [7, 11) is 0. The molecule has 0 saturated heterocycles. The van der Waals surface area contributed by atoms with E-state index in [9.17, 15) is 9.50 Å². The van der Waals surface area contributed by atoms with Crippen molar-refractivity contribution in [3.05, 3.63) is 41.5 Å². The maximum Gasteiger partial charge on any atom is 0.191 e. The fourth-order valence-electron chi connectivity index (χ4n) is 2.50. The maximum absolute atomic E-state index is 12.9. The summed E-state index contributed by atoms with van der Waals surface area (Å²) in [6.45, 7) is 0.956. The molecule has 0 bridgehead atoms. The van der Waals surface area contributed by atoms with Crippen LogP contribution in [0.3, 0.4) is 0 Å². The number of rotatable bonds is 4. The molecule has 0 radical (unpaired) electrons. The molecule has 1 atom stereocenters. The van der Waals surface area contributed by atoms with Gasteiger partial charge in [0.25, 0.3) is 0 Å². The fourth-order valence-corrected chi connectivity index (χ4v) is 3.45.